The molecule has 0 unspecified atom stereocenters. The molecule has 7 heteroatoms. The number of rotatable bonds is 8. The molecule has 0 bridgehead atoms. The summed E-state index contributed by atoms with van der Waals surface area (Å²) in [6, 6.07) is 16.2. The minimum Gasteiger partial charge on any atom is -0.481 e. The first-order valence-corrected chi connectivity index (χ1v) is 10.6. The first-order valence-electron chi connectivity index (χ1n) is 10.6. The van der Waals surface area contributed by atoms with Crippen molar-refractivity contribution in [3.63, 3.8) is 0 Å². The number of amides is 2. The Morgan fingerprint density at radius 3 is 2.13 bits per heavy atom. The fourth-order valence-electron chi connectivity index (χ4n) is 4.58. The highest BCUT2D eigenvalue weighted by Crippen LogP contribution is 2.44. The smallest absolute Gasteiger partial charge is 0.407 e. The van der Waals surface area contributed by atoms with E-state index in [1.165, 1.54) is 0 Å². The van der Waals surface area contributed by atoms with E-state index in [4.69, 9.17) is 9.84 Å². The van der Waals surface area contributed by atoms with Gasteiger partial charge in [0, 0.05) is 18.9 Å². The summed E-state index contributed by atoms with van der Waals surface area (Å²) in [6.07, 6.45) is 1.19. The Morgan fingerprint density at radius 2 is 1.52 bits per heavy atom. The molecule has 0 heterocycles. The van der Waals surface area contributed by atoms with Gasteiger partial charge in [0.05, 0.1) is 6.54 Å². The number of alkyl carbamates (subject to hydrolysis) is 1. The van der Waals surface area contributed by atoms with Crippen molar-refractivity contribution in [3.05, 3.63) is 59.7 Å². The van der Waals surface area contributed by atoms with Crippen LogP contribution in [0.15, 0.2) is 48.5 Å². The Hall–Kier alpha value is -3.35. The maximum Gasteiger partial charge on any atom is 0.407 e. The molecule has 3 N–H and O–H groups in total. The van der Waals surface area contributed by atoms with Gasteiger partial charge >= 0.3 is 12.1 Å². The van der Waals surface area contributed by atoms with E-state index in [2.05, 4.69) is 34.9 Å². The van der Waals surface area contributed by atoms with Gasteiger partial charge in [-0.15, -0.1) is 0 Å². The van der Waals surface area contributed by atoms with Gasteiger partial charge in [-0.3, -0.25) is 9.59 Å². The molecule has 2 aliphatic carbocycles. The lowest BCUT2D eigenvalue weighted by Crippen LogP contribution is -2.41. The average molecular weight is 422 g/mol. The van der Waals surface area contributed by atoms with Gasteiger partial charge in [0.2, 0.25) is 5.91 Å². The molecule has 0 aromatic heterocycles. The third-order valence-corrected chi connectivity index (χ3v) is 6.12. The number of benzene rings is 2. The molecule has 31 heavy (non-hydrogen) atoms. The molecule has 0 saturated heterocycles. The van der Waals surface area contributed by atoms with Crippen molar-refractivity contribution in [2.45, 2.75) is 25.2 Å². The van der Waals surface area contributed by atoms with Crippen LogP contribution in [-0.2, 0) is 14.3 Å². The van der Waals surface area contributed by atoms with Gasteiger partial charge in [-0.1, -0.05) is 48.5 Å². The number of fused-ring (bicyclic) bond motifs is 3. The second-order valence-corrected chi connectivity index (χ2v) is 8.28. The van der Waals surface area contributed by atoms with Gasteiger partial charge in [0.1, 0.15) is 6.61 Å². The van der Waals surface area contributed by atoms with E-state index in [-0.39, 0.29) is 37.3 Å². The summed E-state index contributed by atoms with van der Waals surface area (Å²) in [7, 11) is 0. The van der Waals surface area contributed by atoms with E-state index in [0.29, 0.717) is 12.5 Å². The van der Waals surface area contributed by atoms with E-state index in [1.807, 2.05) is 24.3 Å². The number of hydrogen-bond acceptors (Lipinski definition) is 4. The molecule has 0 aliphatic heterocycles. The number of carbonyl (C=O) groups excluding carboxylic acids is 2. The van der Waals surface area contributed by atoms with E-state index in [1.54, 1.807) is 0 Å². The van der Waals surface area contributed by atoms with Crippen LogP contribution in [0.4, 0.5) is 4.79 Å². The van der Waals surface area contributed by atoms with Crippen LogP contribution in [0.5, 0.6) is 0 Å². The summed E-state index contributed by atoms with van der Waals surface area (Å²) in [5.74, 6) is -0.569. The summed E-state index contributed by atoms with van der Waals surface area (Å²) < 4.78 is 5.41. The fourth-order valence-corrected chi connectivity index (χ4v) is 4.58. The highest BCUT2D eigenvalue weighted by atomic mass is 16.5. The third kappa shape index (κ3) is 4.87. The summed E-state index contributed by atoms with van der Waals surface area (Å²) in [5, 5.41) is 14.0. The zero-order valence-electron chi connectivity index (χ0n) is 17.2. The van der Waals surface area contributed by atoms with E-state index in [9.17, 15) is 14.4 Å². The van der Waals surface area contributed by atoms with Crippen LogP contribution in [0.1, 0.15) is 36.3 Å². The highest BCUT2D eigenvalue weighted by Gasteiger charge is 2.31. The highest BCUT2D eigenvalue weighted by molar-refractivity contribution is 5.82. The van der Waals surface area contributed by atoms with Crippen LogP contribution in [0.25, 0.3) is 11.1 Å². The zero-order chi connectivity index (χ0) is 21.8. The van der Waals surface area contributed by atoms with Crippen molar-refractivity contribution in [2.75, 3.05) is 19.7 Å². The molecular weight excluding hydrogens is 396 g/mol. The van der Waals surface area contributed by atoms with Crippen LogP contribution >= 0.6 is 0 Å². The first kappa shape index (κ1) is 20.9. The van der Waals surface area contributed by atoms with Crippen molar-refractivity contribution in [3.8, 4) is 11.1 Å². The minimum atomic E-state index is -0.778. The third-order valence-electron chi connectivity index (χ3n) is 6.12. The normalized spacial score (nSPS) is 19.0. The van der Waals surface area contributed by atoms with Crippen molar-refractivity contribution in [1.82, 2.24) is 10.6 Å². The Labute approximate surface area is 180 Å². The van der Waals surface area contributed by atoms with Crippen molar-refractivity contribution < 1.29 is 24.2 Å². The number of carboxylic acid groups (broad SMARTS) is 1. The lowest BCUT2D eigenvalue weighted by molar-refractivity contribution is -0.139. The molecule has 0 atom stereocenters. The number of carbonyl (C=O) groups is 3. The number of hydrogen-bond donors (Lipinski definition) is 3. The van der Waals surface area contributed by atoms with E-state index >= 15 is 0 Å². The summed E-state index contributed by atoms with van der Waals surface area (Å²) in [6.45, 7) is 0.553. The number of ether oxygens (including phenoxy) is 1. The molecule has 2 aromatic rings. The van der Waals surface area contributed by atoms with E-state index < -0.39 is 12.1 Å². The standard InChI is InChI=1S/C24H26N2O5/c27-22(25-12-16-9-15(10-16)11-23(28)29)13-26-24(30)31-14-21-19-7-3-1-5-17(19)18-6-2-4-8-20(18)21/h1-8,15-16,21H,9-14H2,(H,25,27)(H,26,30)(H,28,29). The Kier molecular flexibility index (Phi) is 6.21. The lowest BCUT2D eigenvalue weighted by atomic mass is 9.73. The average Bonchev–Trinajstić information content (AvgIpc) is 3.06. The molecule has 7 nitrogen and oxygen atoms in total. The summed E-state index contributed by atoms with van der Waals surface area (Å²) in [5.41, 5.74) is 4.59. The van der Waals surface area contributed by atoms with Crippen LogP contribution in [-0.4, -0.2) is 42.8 Å². The van der Waals surface area contributed by atoms with Crippen molar-refractivity contribution in [2.24, 2.45) is 11.8 Å². The maximum absolute atomic E-state index is 12.1. The molecule has 2 aliphatic rings. The molecule has 2 aromatic carbocycles. The van der Waals surface area contributed by atoms with Crippen molar-refractivity contribution in [1.29, 1.82) is 0 Å². The monoisotopic (exact) mass is 422 g/mol. The number of aliphatic carboxylic acids is 1. The fraction of sp³-hybridized carbons (Fsp3) is 0.375. The molecule has 162 valence electrons. The largest absolute Gasteiger partial charge is 0.481 e. The van der Waals surface area contributed by atoms with Crippen LogP contribution in [0.3, 0.4) is 0 Å². The van der Waals surface area contributed by atoms with Gasteiger partial charge < -0.3 is 20.5 Å². The predicted octanol–water partition coefficient (Wildman–Crippen LogP) is 3.14. The molecule has 2 amide bonds. The molecule has 1 saturated carbocycles. The SMILES string of the molecule is O=C(O)CC1CC(CNC(=O)CNC(=O)OCC2c3ccccc3-c3ccccc32)C1. The lowest BCUT2D eigenvalue weighted by Gasteiger charge is -2.34. The summed E-state index contributed by atoms with van der Waals surface area (Å²) in [4.78, 5) is 34.7. The van der Waals surface area contributed by atoms with Gasteiger partial charge in [-0.25, -0.2) is 4.79 Å². The van der Waals surface area contributed by atoms with Crippen LogP contribution in [0, 0.1) is 11.8 Å². The maximum atomic E-state index is 12.1. The predicted molar refractivity (Wildman–Crippen MR) is 115 cm³/mol. The molecule has 1 fully saturated rings. The topological polar surface area (TPSA) is 105 Å². The second kappa shape index (κ2) is 9.20. The second-order valence-electron chi connectivity index (χ2n) is 8.28. The quantitative estimate of drug-likeness (QED) is 0.606. The number of carboxylic acids is 1. The molecule has 0 spiro atoms. The minimum absolute atomic E-state index is 0.0238. The van der Waals surface area contributed by atoms with Crippen LogP contribution < -0.4 is 10.6 Å². The molecular formula is C24H26N2O5. The van der Waals surface area contributed by atoms with E-state index in [0.717, 1.165) is 35.1 Å². The zero-order valence-corrected chi connectivity index (χ0v) is 17.2. The Morgan fingerprint density at radius 1 is 0.903 bits per heavy atom. The van der Waals surface area contributed by atoms with Gasteiger partial charge in [0.15, 0.2) is 0 Å². The van der Waals surface area contributed by atoms with Gasteiger partial charge in [0.25, 0.3) is 0 Å². The first-order chi connectivity index (χ1) is 15.0. The Bertz CT molecular complexity index is 938. The Balaban J connectivity index is 1.19. The molecule has 4 rings (SSSR count). The van der Waals surface area contributed by atoms with Crippen molar-refractivity contribution >= 4 is 18.0 Å². The van der Waals surface area contributed by atoms with Crippen LogP contribution in [0.2, 0.25) is 0 Å². The van der Waals surface area contributed by atoms with Gasteiger partial charge in [-0.2, -0.15) is 0 Å². The molecule has 0 radical (unpaired) electrons. The number of nitrogens with one attached hydrogen (secondary N) is 2. The van der Waals surface area contributed by atoms with Gasteiger partial charge in [-0.05, 0) is 46.9 Å². The summed E-state index contributed by atoms with van der Waals surface area (Å²) >= 11 is 0.